The van der Waals surface area contributed by atoms with Crippen molar-refractivity contribution in [3.05, 3.63) is 47.4 Å². The van der Waals surface area contributed by atoms with Gasteiger partial charge in [-0.3, -0.25) is 4.79 Å². The molecule has 0 radical (unpaired) electrons. The van der Waals surface area contributed by atoms with E-state index in [9.17, 15) is 18.0 Å². The number of carbonyl (C=O) groups is 1. The summed E-state index contributed by atoms with van der Waals surface area (Å²) in [6.07, 6.45) is -0.792. The van der Waals surface area contributed by atoms with Crippen LogP contribution in [-0.4, -0.2) is 40.5 Å². The van der Waals surface area contributed by atoms with Gasteiger partial charge in [0.25, 0.3) is 5.92 Å². The third-order valence-corrected chi connectivity index (χ3v) is 3.88. The van der Waals surface area contributed by atoms with Crippen molar-refractivity contribution in [1.82, 2.24) is 15.0 Å². The summed E-state index contributed by atoms with van der Waals surface area (Å²) < 4.78 is 50.9. The molecule has 1 aromatic heterocycles. The van der Waals surface area contributed by atoms with Gasteiger partial charge in [0.2, 0.25) is 11.8 Å². The minimum absolute atomic E-state index is 0.0585. The maximum atomic E-state index is 13.9. The van der Waals surface area contributed by atoms with Crippen LogP contribution in [0.2, 0.25) is 0 Å². The van der Waals surface area contributed by atoms with E-state index in [1.54, 1.807) is 6.07 Å². The molecule has 1 saturated heterocycles. The maximum Gasteiger partial charge on any atom is 0.267 e. The number of benzene rings is 1. The molecule has 9 heteroatoms. The molecule has 1 aliphatic heterocycles. The molecule has 6 nitrogen and oxygen atoms in total. The van der Waals surface area contributed by atoms with Crippen molar-refractivity contribution in [3.8, 4) is 0 Å². The van der Waals surface area contributed by atoms with Crippen molar-refractivity contribution >= 4 is 5.91 Å². The normalized spacial score (nSPS) is 19.4. The molecule has 0 saturated carbocycles. The summed E-state index contributed by atoms with van der Waals surface area (Å²) in [5, 5.41) is 3.64. The van der Waals surface area contributed by atoms with Crippen LogP contribution in [0, 0.1) is 5.82 Å². The number of hydrogen-bond donors (Lipinski definition) is 0. The van der Waals surface area contributed by atoms with Crippen molar-refractivity contribution in [2.45, 2.75) is 31.4 Å². The molecule has 134 valence electrons. The number of halogens is 3. The van der Waals surface area contributed by atoms with Crippen molar-refractivity contribution in [2.75, 3.05) is 13.7 Å². The van der Waals surface area contributed by atoms with Gasteiger partial charge in [0.15, 0.2) is 5.82 Å². The molecule has 0 bridgehead atoms. The lowest BCUT2D eigenvalue weighted by atomic mass is 10.1. The molecular formula is C16H16F3N3O3. The van der Waals surface area contributed by atoms with Crippen LogP contribution < -0.4 is 0 Å². The second-order valence-corrected chi connectivity index (χ2v) is 5.89. The lowest BCUT2D eigenvalue weighted by Crippen LogP contribution is -2.34. The second kappa shape index (κ2) is 6.83. The molecule has 0 unspecified atom stereocenters. The first-order valence-corrected chi connectivity index (χ1v) is 7.61. The molecule has 25 heavy (non-hydrogen) atoms. The molecule has 1 aliphatic rings. The fraction of sp³-hybridized carbons (Fsp3) is 0.438. The van der Waals surface area contributed by atoms with Crippen LogP contribution in [0.1, 0.15) is 29.7 Å². The van der Waals surface area contributed by atoms with E-state index in [0.29, 0.717) is 5.56 Å². The van der Waals surface area contributed by atoms with Crippen LogP contribution in [0.25, 0.3) is 0 Å². The number of hydrogen-bond acceptors (Lipinski definition) is 5. The minimum Gasteiger partial charge on any atom is -0.377 e. The van der Waals surface area contributed by atoms with E-state index in [-0.39, 0.29) is 24.7 Å². The van der Waals surface area contributed by atoms with E-state index >= 15 is 0 Å². The number of methoxy groups -OCH3 is 1. The molecule has 0 N–H and O–H groups in total. The summed E-state index contributed by atoms with van der Waals surface area (Å²) >= 11 is 0. The molecule has 1 aromatic carbocycles. The molecule has 2 heterocycles. The Morgan fingerprint density at radius 3 is 3.00 bits per heavy atom. The molecule has 3 rings (SSSR count). The third-order valence-electron chi connectivity index (χ3n) is 3.88. The lowest BCUT2D eigenvalue weighted by molar-refractivity contribution is -0.133. The number of carbonyl (C=O) groups excluding carboxylic acids is 1. The van der Waals surface area contributed by atoms with Crippen LogP contribution >= 0.6 is 0 Å². The van der Waals surface area contributed by atoms with E-state index in [1.807, 2.05) is 0 Å². The Hall–Kier alpha value is -2.42. The van der Waals surface area contributed by atoms with Gasteiger partial charge in [-0.1, -0.05) is 17.3 Å². The fourth-order valence-electron chi connectivity index (χ4n) is 2.81. The van der Waals surface area contributed by atoms with E-state index in [0.717, 1.165) is 4.90 Å². The van der Waals surface area contributed by atoms with Crippen LogP contribution in [0.4, 0.5) is 13.2 Å². The summed E-state index contributed by atoms with van der Waals surface area (Å²) in [6.45, 7) is -0.669. The van der Waals surface area contributed by atoms with Crippen LogP contribution in [0.5, 0.6) is 0 Å². The highest BCUT2D eigenvalue weighted by Crippen LogP contribution is 2.40. The van der Waals surface area contributed by atoms with Gasteiger partial charge in [-0.25, -0.2) is 13.2 Å². The van der Waals surface area contributed by atoms with Crippen LogP contribution in [0.3, 0.4) is 0 Å². The monoisotopic (exact) mass is 355 g/mol. The van der Waals surface area contributed by atoms with Crippen molar-refractivity contribution in [3.63, 3.8) is 0 Å². The second-order valence-electron chi connectivity index (χ2n) is 5.89. The topological polar surface area (TPSA) is 68.5 Å². The first kappa shape index (κ1) is 17.4. The number of nitrogens with zero attached hydrogens (tertiary/aromatic N) is 3. The maximum absolute atomic E-state index is 13.9. The van der Waals surface area contributed by atoms with Crippen LogP contribution in [-0.2, 0) is 22.6 Å². The van der Waals surface area contributed by atoms with Gasteiger partial charge in [-0.2, -0.15) is 4.98 Å². The largest absolute Gasteiger partial charge is 0.377 e. The summed E-state index contributed by atoms with van der Waals surface area (Å²) in [6, 6.07) is 4.45. The zero-order valence-corrected chi connectivity index (χ0v) is 13.4. The van der Waals surface area contributed by atoms with Gasteiger partial charge in [0.05, 0.1) is 13.0 Å². The minimum atomic E-state index is -3.06. The first-order valence-electron chi connectivity index (χ1n) is 7.61. The summed E-state index contributed by atoms with van der Waals surface area (Å²) in [4.78, 5) is 17.5. The molecule has 1 amide bonds. The Bertz CT molecular complexity index is 766. The number of likely N-dealkylation sites (tertiary alicyclic amines) is 1. The number of ether oxygens (including phenoxy) is 1. The number of rotatable bonds is 5. The average molecular weight is 355 g/mol. The molecule has 2 aromatic rings. The average Bonchev–Trinajstić information content (AvgIpc) is 3.11. The first-order chi connectivity index (χ1) is 11.9. The van der Waals surface area contributed by atoms with E-state index in [1.165, 1.54) is 25.3 Å². The Kier molecular flexibility index (Phi) is 4.76. The van der Waals surface area contributed by atoms with Crippen molar-refractivity contribution < 1.29 is 27.2 Å². The zero-order chi connectivity index (χ0) is 18.0. The van der Waals surface area contributed by atoms with Gasteiger partial charge in [0.1, 0.15) is 18.5 Å². The molecule has 1 fully saturated rings. The number of amides is 1. The summed E-state index contributed by atoms with van der Waals surface area (Å²) in [5.41, 5.74) is 0.407. The molecule has 0 aliphatic carbocycles. The SMILES string of the molecule is COCc1noc([C@@H]2CC(F)(F)CN2C(=O)Cc2cccc(F)c2)n1. The number of alkyl halides is 2. The third kappa shape index (κ3) is 3.98. The quantitative estimate of drug-likeness (QED) is 0.824. The van der Waals surface area contributed by atoms with Gasteiger partial charge in [0, 0.05) is 13.5 Å². The highest BCUT2D eigenvalue weighted by molar-refractivity contribution is 5.79. The molecular weight excluding hydrogens is 339 g/mol. The van der Waals surface area contributed by atoms with Crippen molar-refractivity contribution in [1.29, 1.82) is 0 Å². The molecule has 0 spiro atoms. The van der Waals surface area contributed by atoms with Crippen molar-refractivity contribution in [2.24, 2.45) is 0 Å². The Morgan fingerprint density at radius 2 is 2.28 bits per heavy atom. The van der Waals surface area contributed by atoms with Gasteiger partial charge in [-0.05, 0) is 17.7 Å². The smallest absolute Gasteiger partial charge is 0.267 e. The van der Waals surface area contributed by atoms with Gasteiger partial charge >= 0.3 is 0 Å². The Balaban J connectivity index is 1.80. The fourth-order valence-corrected chi connectivity index (χ4v) is 2.81. The number of aromatic nitrogens is 2. The van der Waals surface area contributed by atoms with E-state index < -0.39 is 36.7 Å². The van der Waals surface area contributed by atoms with E-state index in [4.69, 9.17) is 9.26 Å². The lowest BCUT2D eigenvalue weighted by Gasteiger charge is -2.21. The standard InChI is InChI=1S/C16H16F3N3O3/c1-24-8-13-20-15(25-21-13)12-7-16(18,19)9-22(12)14(23)6-10-3-2-4-11(17)5-10/h2-5,12H,6-9H2,1H3/t12-/m0/s1. The highest BCUT2D eigenvalue weighted by Gasteiger charge is 2.49. The zero-order valence-electron chi connectivity index (χ0n) is 13.4. The highest BCUT2D eigenvalue weighted by atomic mass is 19.3. The summed E-state index contributed by atoms with van der Waals surface area (Å²) in [5.74, 6) is -3.95. The Morgan fingerprint density at radius 1 is 1.48 bits per heavy atom. The molecule has 1 atom stereocenters. The predicted molar refractivity (Wildman–Crippen MR) is 79.1 cm³/mol. The van der Waals surface area contributed by atoms with Gasteiger partial charge < -0.3 is 14.2 Å². The van der Waals surface area contributed by atoms with Crippen LogP contribution in [0.15, 0.2) is 28.8 Å². The van der Waals surface area contributed by atoms with Gasteiger partial charge in [-0.15, -0.1) is 0 Å². The Labute approximate surface area is 141 Å². The predicted octanol–water partition coefficient (Wildman–Crippen LogP) is 2.51. The summed E-state index contributed by atoms with van der Waals surface area (Å²) in [7, 11) is 1.44. The van der Waals surface area contributed by atoms with E-state index in [2.05, 4.69) is 10.1 Å².